The van der Waals surface area contributed by atoms with Crippen molar-refractivity contribution in [3.8, 4) is 11.3 Å². The lowest BCUT2D eigenvalue weighted by atomic mass is 9.77. The minimum absolute atomic E-state index is 0.293. The van der Waals surface area contributed by atoms with Crippen LogP contribution in [-0.4, -0.2) is 25.5 Å². The van der Waals surface area contributed by atoms with Crippen LogP contribution in [0.3, 0.4) is 0 Å². The predicted octanol–water partition coefficient (Wildman–Crippen LogP) is 7.16. The molecule has 0 aliphatic carbocycles. The first kappa shape index (κ1) is 25.5. The molecule has 196 valence electrons. The summed E-state index contributed by atoms with van der Waals surface area (Å²) in [7, 11) is 1.89. The molecule has 1 N–H and O–H groups in total. The molecule has 6 nitrogen and oxygen atoms in total. The molecule has 6 aromatic rings. The number of nitrogens with zero attached hydrogens (tertiary/aromatic N) is 4. The first-order valence-electron chi connectivity index (χ1n) is 12.8. The highest BCUT2D eigenvalue weighted by molar-refractivity contribution is 9.10. The Hall–Kier alpha value is -4.75. The summed E-state index contributed by atoms with van der Waals surface area (Å²) >= 11 is 3.67. The van der Waals surface area contributed by atoms with Gasteiger partial charge >= 0.3 is 0 Å². The molecular formula is C33H26BrN5O. The molecule has 1 amide bonds. The molecule has 0 bridgehead atoms. The quantitative estimate of drug-likeness (QED) is 0.159. The van der Waals surface area contributed by atoms with Gasteiger partial charge in [-0.3, -0.25) is 9.48 Å². The van der Waals surface area contributed by atoms with Crippen LogP contribution < -0.4 is 5.32 Å². The molecule has 6 rings (SSSR count). The number of nitrogens with one attached hydrogen (secondary N) is 1. The van der Waals surface area contributed by atoms with Crippen molar-refractivity contribution >= 4 is 38.4 Å². The lowest BCUT2D eigenvalue weighted by Crippen LogP contribution is -2.38. The molecule has 2 heterocycles. The maximum atomic E-state index is 12.4. The van der Waals surface area contributed by atoms with Gasteiger partial charge in [-0.2, -0.15) is 10.2 Å². The second kappa shape index (κ2) is 10.4. The smallest absolute Gasteiger partial charge is 0.247 e. The normalized spacial score (nSPS) is 11.4. The van der Waals surface area contributed by atoms with Crippen molar-refractivity contribution in [1.29, 1.82) is 0 Å². The first-order chi connectivity index (χ1) is 19.5. The van der Waals surface area contributed by atoms with E-state index in [1.54, 1.807) is 4.68 Å². The monoisotopic (exact) mass is 587 g/mol. The summed E-state index contributed by atoms with van der Waals surface area (Å²) in [6.07, 6.45) is 5.04. The van der Waals surface area contributed by atoms with E-state index >= 15 is 0 Å². The van der Waals surface area contributed by atoms with Crippen molar-refractivity contribution in [2.24, 2.45) is 7.05 Å². The van der Waals surface area contributed by atoms with Gasteiger partial charge in [0.15, 0.2) is 0 Å². The molecule has 0 unspecified atom stereocenters. The lowest BCUT2D eigenvalue weighted by Gasteiger charge is -2.37. The maximum absolute atomic E-state index is 12.4. The number of aromatic nitrogens is 4. The summed E-state index contributed by atoms with van der Waals surface area (Å²) in [5, 5.41) is 13.7. The zero-order chi connectivity index (χ0) is 27.7. The fourth-order valence-electron chi connectivity index (χ4n) is 5.33. The fraction of sp³-hybridized carbons (Fsp3) is 0.0606. The number of halogens is 1. The SMILES string of the molecule is C=CC(=O)Nc1cc2c(cc1Br)c(-c1cnn(C)c1)nn2C(c1ccccc1)(c1ccccc1)c1ccccc1. The molecule has 0 saturated heterocycles. The van der Waals surface area contributed by atoms with Crippen LogP contribution in [0.25, 0.3) is 22.2 Å². The van der Waals surface area contributed by atoms with Gasteiger partial charge in [-0.05, 0) is 50.8 Å². The fourth-order valence-corrected chi connectivity index (χ4v) is 5.77. The average Bonchev–Trinajstić information content (AvgIpc) is 3.59. The summed E-state index contributed by atoms with van der Waals surface area (Å²) in [6.45, 7) is 3.62. The predicted molar refractivity (Wildman–Crippen MR) is 163 cm³/mol. The maximum Gasteiger partial charge on any atom is 0.247 e. The van der Waals surface area contributed by atoms with Crippen LogP contribution in [0.4, 0.5) is 5.69 Å². The summed E-state index contributed by atoms with van der Waals surface area (Å²) in [5.41, 5.74) is 5.46. The topological polar surface area (TPSA) is 64.7 Å². The second-order valence-electron chi connectivity index (χ2n) is 9.51. The van der Waals surface area contributed by atoms with Crippen molar-refractivity contribution in [1.82, 2.24) is 19.6 Å². The first-order valence-corrected chi connectivity index (χ1v) is 13.6. The molecule has 40 heavy (non-hydrogen) atoms. The summed E-state index contributed by atoms with van der Waals surface area (Å²) in [6, 6.07) is 35.2. The van der Waals surface area contributed by atoms with Gasteiger partial charge in [0.25, 0.3) is 0 Å². The van der Waals surface area contributed by atoms with Crippen LogP contribution in [0, 0.1) is 0 Å². The van der Waals surface area contributed by atoms with E-state index in [1.165, 1.54) is 6.08 Å². The van der Waals surface area contributed by atoms with E-state index in [0.717, 1.165) is 43.3 Å². The van der Waals surface area contributed by atoms with Crippen LogP contribution in [0.2, 0.25) is 0 Å². The molecule has 4 aromatic carbocycles. The van der Waals surface area contributed by atoms with E-state index in [-0.39, 0.29) is 5.91 Å². The van der Waals surface area contributed by atoms with Crippen molar-refractivity contribution in [3.05, 3.63) is 149 Å². The molecule has 0 saturated carbocycles. The van der Waals surface area contributed by atoms with E-state index in [0.29, 0.717) is 5.69 Å². The number of rotatable bonds is 7. The molecule has 7 heteroatoms. The highest BCUT2D eigenvalue weighted by Gasteiger charge is 2.41. The number of anilines is 1. The number of carbonyl (C=O) groups excluding carboxylic acids is 1. The number of amides is 1. The van der Waals surface area contributed by atoms with Crippen LogP contribution >= 0.6 is 15.9 Å². The number of hydrogen-bond donors (Lipinski definition) is 1. The molecule has 0 aliphatic rings. The van der Waals surface area contributed by atoms with Gasteiger partial charge in [-0.15, -0.1) is 0 Å². The molecule has 0 spiro atoms. The highest BCUT2D eigenvalue weighted by atomic mass is 79.9. The molecule has 0 radical (unpaired) electrons. The van der Waals surface area contributed by atoms with Gasteiger partial charge in [0, 0.05) is 28.7 Å². The third kappa shape index (κ3) is 4.25. The Morgan fingerprint density at radius 1 is 0.900 bits per heavy atom. The Balaban J connectivity index is 1.79. The van der Waals surface area contributed by atoms with Gasteiger partial charge in [-0.1, -0.05) is 97.6 Å². The largest absolute Gasteiger partial charge is 0.321 e. The van der Waals surface area contributed by atoms with Crippen LogP contribution in [0.15, 0.2) is 133 Å². The number of hydrogen-bond acceptors (Lipinski definition) is 3. The highest BCUT2D eigenvalue weighted by Crippen LogP contribution is 2.45. The van der Waals surface area contributed by atoms with Crippen LogP contribution in [0.1, 0.15) is 16.7 Å². The minimum Gasteiger partial charge on any atom is -0.321 e. The van der Waals surface area contributed by atoms with Crippen LogP contribution in [0.5, 0.6) is 0 Å². The molecule has 0 aliphatic heterocycles. The van der Waals surface area contributed by atoms with Crippen molar-refractivity contribution < 1.29 is 4.79 Å². The zero-order valence-corrected chi connectivity index (χ0v) is 23.4. The molecule has 2 aromatic heterocycles. The number of benzene rings is 4. The number of fused-ring (bicyclic) bond motifs is 1. The van der Waals surface area contributed by atoms with Crippen molar-refractivity contribution in [2.75, 3.05) is 5.32 Å². The van der Waals surface area contributed by atoms with Crippen molar-refractivity contribution in [3.63, 3.8) is 0 Å². The number of carbonyl (C=O) groups is 1. The summed E-state index contributed by atoms with van der Waals surface area (Å²) in [4.78, 5) is 12.4. The molecule has 0 atom stereocenters. The van der Waals surface area contributed by atoms with Gasteiger partial charge in [0.2, 0.25) is 5.91 Å². The Bertz CT molecular complexity index is 1730. The Morgan fingerprint density at radius 3 is 1.93 bits per heavy atom. The van der Waals surface area contributed by atoms with Gasteiger partial charge in [0.1, 0.15) is 11.2 Å². The zero-order valence-electron chi connectivity index (χ0n) is 21.8. The Morgan fingerprint density at radius 2 is 1.45 bits per heavy atom. The third-order valence-electron chi connectivity index (χ3n) is 7.08. The van der Waals surface area contributed by atoms with E-state index in [9.17, 15) is 4.79 Å². The summed E-state index contributed by atoms with van der Waals surface area (Å²) < 4.78 is 4.59. The Labute approximate surface area is 240 Å². The Kier molecular flexibility index (Phi) is 6.66. The van der Waals surface area contributed by atoms with Gasteiger partial charge in [0.05, 0.1) is 17.4 Å². The summed E-state index contributed by atoms with van der Waals surface area (Å²) in [5.74, 6) is -0.293. The lowest BCUT2D eigenvalue weighted by molar-refractivity contribution is -0.111. The van der Waals surface area contributed by atoms with Crippen molar-refractivity contribution in [2.45, 2.75) is 5.54 Å². The van der Waals surface area contributed by atoms with Gasteiger partial charge in [-0.25, -0.2) is 4.68 Å². The van der Waals surface area contributed by atoms with Gasteiger partial charge < -0.3 is 5.32 Å². The average molecular weight is 589 g/mol. The van der Waals surface area contributed by atoms with E-state index in [4.69, 9.17) is 5.10 Å². The number of aryl methyl sites for hydroxylation is 1. The minimum atomic E-state index is -0.837. The standard InChI is InChI=1S/C33H26BrN5O/c1-3-31(40)36-29-20-30-27(19-28(29)34)32(23-21-35-38(2)22-23)37-39(30)33(24-13-7-4-8-14-24,25-15-9-5-10-16-25)26-17-11-6-12-18-26/h3-22H,1H2,2H3,(H,36,40). The molecule has 0 fully saturated rings. The second-order valence-corrected chi connectivity index (χ2v) is 10.4. The van der Waals surface area contributed by atoms with E-state index < -0.39 is 5.54 Å². The van der Waals surface area contributed by atoms with E-state index in [1.807, 2.05) is 49.8 Å². The van der Waals surface area contributed by atoms with Crippen LogP contribution in [-0.2, 0) is 17.4 Å². The third-order valence-corrected chi connectivity index (χ3v) is 7.74. The molecular weight excluding hydrogens is 562 g/mol. The van der Waals surface area contributed by atoms with E-state index in [2.05, 4.69) is 110 Å².